The third-order valence-electron chi connectivity index (χ3n) is 2.08. The first kappa shape index (κ1) is 10.5. The molecule has 1 heterocycles. The maximum atomic E-state index is 11.2. The lowest BCUT2D eigenvalue weighted by atomic mass is 10.1. The van der Waals surface area contributed by atoms with E-state index < -0.39 is 0 Å². The molecular weight excluding hydrogens is 176 g/mol. The van der Waals surface area contributed by atoms with Gasteiger partial charge in [0, 0.05) is 5.69 Å². The maximum Gasteiger partial charge on any atom is 0.266 e. The molecule has 14 heavy (non-hydrogen) atoms. The zero-order valence-corrected chi connectivity index (χ0v) is 8.50. The summed E-state index contributed by atoms with van der Waals surface area (Å²) in [4.78, 5) is 13.9. The van der Waals surface area contributed by atoms with Crippen LogP contribution in [0.5, 0.6) is 0 Å². The van der Waals surface area contributed by atoms with Gasteiger partial charge in [-0.15, -0.1) is 0 Å². The standard InChI is InChI=1S/C11H14N2O/c1-8(2)3-5-10-6-4-9(7-12)11(14)13-10/h4,6,8H,3,5H2,1-2H3,(H,13,14). The fourth-order valence-electron chi connectivity index (χ4n) is 1.19. The number of pyridine rings is 1. The summed E-state index contributed by atoms with van der Waals surface area (Å²) in [6, 6.07) is 5.23. The molecule has 0 radical (unpaired) electrons. The van der Waals surface area contributed by atoms with Gasteiger partial charge in [0.2, 0.25) is 0 Å². The van der Waals surface area contributed by atoms with Crippen LogP contribution in [0.4, 0.5) is 0 Å². The first-order valence-electron chi connectivity index (χ1n) is 4.75. The van der Waals surface area contributed by atoms with Crippen LogP contribution in [0.25, 0.3) is 0 Å². The Hall–Kier alpha value is -1.56. The van der Waals surface area contributed by atoms with Gasteiger partial charge < -0.3 is 4.98 Å². The van der Waals surface area contributed by atoms with Crippen LogP contribution in [0.3, 0.4) is 0 Å². The summed E-state index contributed by atoms with van der Waals surface area (Å²) in [6.07, 6.45) is 1.90. The first-order valence-corrected chi connectivity index (χ1v) is 4.75. The van der Waals surface area contributed by atoms with E-state index in [0.29, 0.717) is 5.92 Å². The highest BCUT2D eigenvalue weighted by Crippen LogP contribution is 2.05. The molecule has 1 N–H and O–H groups in total. The van der Waals surface area contributed by atoms with Crippen LogP contribution in [-0.2, 0) is 6.42 Å². The van der Waals surface area contributed by atoms with Crippen molar-refractivity contribution in [1.29, 1.82) is 5.26 Å². The number of aromatic amines is 1. The number of nitrogens with one attached hydrogen (secondary N) is 1. The van der Waals surface area contributed by atoms with Gasteiger partial charge in [-0.05, 0) is 30.9 Å². The molecule has 1 aromatic heterocycles. The summed E-state index contributed by atoms with van der Waals surface area (Å²) < 4.78 is 0. The van der Waals surface area contributed by atoms with Gasteiger partial charge in [0.25, 0.3) is 5.56 Å². The Morgan fingerprint density at radius 3 is 2.71 bits per heavy atom. The van der Waals surface area contributed by atoms with E-state index in [-0.39, 0.29) is 11.1 Å². The minimum atomic E-state index is -0.284. The predicted molar refractivity (Wildman–Crippen MR) is 54.9 cm³/mol. The van der Waals surface area contributed by atoms with Crippen molar-refractivity contribution in [3.8, 4) is 6.07 Å². The Morgan fingerprint density at radius 2 is 2.21 bits per heavy atom. The van der Waals surface area contributed by atoms with Gasteiger partial charge in [-0.1, -0.05) is 13.8 Å². The molecule has 0 atom stereocenters. The summed E-state index contributed by atoms with van der Waals surface area (Å²) >= 11 is 0. The smallest absolute Gasteiger partial charge is 0.266 e. The van der Waals surface area contributed by atoms with Crippen molar-refractivity contribution in [2.45, 2.75) is 26.7 Å². The zero-order valence-electron chi connectivity index (χ0n) is 8.50. The summed E-state index contributed by atoms with van der Waals surface area (Å²) in [5.74, 6) is 0.620. The quantitative estimate of drug-likeness (QED) is 0.790. The molecule has 0 saturated carbocycles. The van der Waals surface area contributed by atoms with E-state index in [1.807, 2.05) is 12.1 Å². The monoisotopic (exact) mass is 190 g/mol. The van der Waals surface area contributed by atoms with Crippen LogP contribution >= 0.6 is 0 Å². The fourth-order valence-corrected chi connectivity index (χ4v) is 1.19. The summed E-state index contributed by atoms with van der Waals surface area (Å²) in [5.41, 5.74) is 0.801. The molecule has 0 aliphatic rings. The molecule has 1 aromatic rings. The molecule has 0 spiro atoms. The second-order valence-electron chi connectivity index (χ2n) is 3.77. The molecule has 0 bridgehead atoms. The number of hydrogen-bond donors (Lipinski definition) is 1. The third-order valence-corrected chi connectivity index (χ3v) is 2.08. The van der Waals surface area contributed by atoms with Gasteiger partial charge in [0.1, 0.15) is 11.6 Å². The summed E-state index contributed by atoms with van der Waals surface area (Å²) in [6.45, 7) is 4.28. The predicted octanol–water partition coefficient (Wildman–Crippen LogP) is 1.84. The van der Waals surface area contributed by atoms with Crippen molar-refractivity contribution in [3.63, 3.8) is 0 Å². The van der Waals surface area contributed by atoms with Crippen LogP contribution in [0.15, 0.2) is 16.9 Å². The Labute approximate surface area is 83.4 Å². The highest BCUT2D eigenvalue weighted by Gasteiger charge is 2.01. The number of nitriles is 1. The highest BCUT2D eigenvalue weighted by atomic mass is 16.1. The van der Waals surface area contributed by atoms with E-state index in [4.69, 9.17) is 5.26 Å². The highest BCUT2D eigenvalue weighted by molar-refractivity contribution is 5.26. The molecule has 0 saturated heterocycles. The van der Waals surface area contributed by atoms with Crippen molar-refractivity contribution < 1.29 is 0 Å². The molecule has 0 fully saturated rings. The molecule has 3 nitrogen and oxygen atoms in total. The van der Waals surface area contributed by atoms with Crippen LogP contribution in [0, 0.1) is 17.2 Å². The molecule has 0 unspecified atom stereocenters. The molecule has 3 heteroatoms. The maximum absolute atomic E-state index is 11.2. The molecule has 0 aliphatic carbocycles. The average molecular weight is 190 g/mol. The normalized spacial score (nSPS) is 10.1. The first-order chi connectivity index (χ1) is 6.63. The van der Waals surface area contributed by atoms with E-state index in [1.54, 1.807) is 6.07 Å². The molecule has 0 aromatic carbocycles. The van der Waals surface area contributed by atoms with E-state index >= 15 is 0 Å². The number of aryl methyl sites for hydroxylation is 1. The van der Waals surface area contributed by atoms with Crippen LogP contribution in [0.2, 0.25) is 0 Å². The Bertz CT molecular complexity index is 398. The lowest BCUT2D eigenvalue weighted by Crippen LogP contribution is -2.12. The van der Waals surface area contributed by atoms with Gasteiger partial charge in [-0.25, -0.2) is 0 Å². The second kappa shape index (κ2) is 4.61. The zero-order chi connectivity index (χ0) is 10.6. The number of aromatic nitrogens is 1. The second-order valence-corrected chi connectivity index (χ2v) is 3.77. The van der Waals surface area contributed by atoms with E-state index in [1.165, 1.54) is 0 Å². The van der Waals surface area contributed by atoms with Crippen molar-refractivity contribution in [1.82, 2.24) is 4.98 Å². The third kappa shape index (κ3) is 2.74. The lowest BCUT2D eigenvalue weighted by Gasteiger charge is -2.03. The van der Waals surface area contributed by atoms with Crippen molar-refractivity contribution in [2.24, 2.45) is 5.92 Å². The average Bonchev–Trinajstić information content (AvgIpc) is 2.15. The molecule has 0 amide bonds. The summed E-state index contributed by atoms with van der Waals surface area (Å²) in [7, 11) is 0. The molecule has 74 valence electrons. The van der Waals surface area contributed by atoms with E-state index in [9.17, 15) is 4.79 Å². The number of rotatable bonds is 3. The van der Waals surface area contributed by atoms with Crippen molar-refractivity contribution in [3.05, 3.63) is 33.7 Å². The number of H-pyrrole nitrogens is 1. The Balaban J connectivity index is 2.78. The summed E-state index contributed by atoms with van der Waals surface area (Å²) in [5, 5.41) is 8.56. The topological polar surface area (TPSA) is 56.6 Å². The Kier molecular flexibility index (Phi) is 3.47. The van der Waals surface area contributed by atoms with E-state index in [0.717, 1.165) is 18.5 Å². The Morgan fingerprint density at radius 1 is 1.50 bits per heavy atom. The fraction of sp³-hybridized carbons (Fsp3) is 0.455. The van der Waals surface area contributed by atoms with Crippen molar-refractivity contribution in [2.75, 3.05) is 0 Å². The van der Waals surface area contributed by atoms with Crippen LogP contribution in [-0.4, -0.2) is 4.98 Å². The minimum absolute atomic E-state index is 0.179. The van der Waals surface area contributed by atoms with Crippen molar-refractivity contribution >= 4 is 0 Å². The number of hydrogen-bond acceptors (Lipinski definition) is 2. The van der Waals surface area contributed by atoms with Gasteiger partial charge in [-0.3, -0.25) is 4.79 Å². The lowest BCUT2D eigenvalue weighted by molar-refractivity contribution is 0.581. The van der Waals surface area contributed by atoms with Crippen LogP contribution < -0.4 is 5.56 Å². The molecule has 1 rings (SSSR count). The van der Waals surface area contributed by atoms with Gasteiger partial charge >= 0.3 is 0 Å². The number of nitrogens with zero attached hydrogens (tertiary/aromatic N) is 1. The molecule has 0 aliphatic heterocycles. The van der Waals surface area contributed by atoms with Gasteiger partial charge in [0.05, 0.1) is 0 Å². The van der Waals surface area contributed by atoms with Gasteiger partial charge in [-0.2, -0.15) is 5.26 Å². The van der Waals surface area contributed by atoms with Crippen LogP contribution in [0.1, 0.15) is 31.5 Å². The SMILES string of the molecule is CC(C)CCc1ccc(C#N)c(=O)[nH]1. The minimum Gasteiger partial charge on any atom is -0.325 e. The molecular formula is C11H14N2O. The van der Waals surface area contributed by atoms with E-state index in [2.05, 4.69) is 18.8 Å². The largest absolute Gasteiger partial charge is 0.325 e. The van der Waals surface area contributed by atoms with Gasteiger partial charge in [0.15, 0.2) is 0 Å².